The van der Waals surface area contributed by atoms with Crippen LogP contribution in [0.5, 0.6) is 0 Å². The van der Waals surface area contributed by atoms with Gasteiger partial charge in [0.25, 0.3) is 0 Å². The van der Waals surface area contributed by atoms with E-state index in [1.807, 2.05) is 17.0 Å². The molecule has 5 heteroatoms. The van der Waals surface area contributed by atoms with E-state index >= 15 is 0 Å². The van der Waals surface area contributed by atoms with Gasteiger partial charge < -0.3 is 19.7 Å². The summed E-state index contributed by atoms with van der Waals surface area (Å²) in [7, 11) is 1.60. The number of carbonyl (C=O) groups is 1. The van der Waals surface area contributed by atoms with E-state index in [-0.39, 0.29) is 12.0 Å². The summed E-state index contributed by atoms with van der Waals surface area (Å²) in [5.41, 5.74) is 2.14. The molecule has 0 aromatic carbocycles. The Morgan fingerprint density at radius 1 is 1.61 bits per heavy atom. The van der Waals surface area contributed by atoms with Crippen LogP contribution in [0.15, 0.2) is 12.4 Å². The molecule has 1 aromatic rings. The lowest BCUT2D eigenvalue weighted by Gasteiger charge is -2.16. The minimum atomic E-state index is -0.369. The first-order valence-electron chi connectivity index (χ1n) is 6.33. The normalized spacial score (nSPS) is 18.4. The van der Waals surface area contributed by atoms with E-state index in [9.17, 15) is 9.90 Å². The lowest BCUT2D eigenvalue weighted by Crippen LogP contribution is -2.30. The van der Waals surface area contributed by atoms with Gasteiger partial charge >= 0.3 is 0 Å². The van der Waals surface area contributed by atoms with Crippen LogP contribution in [-0.4, -0.2) is 35.8 Å². The fourth-order valence-electron chi connectivity index (χ4n) is 2.33. The smallest absolute Gasteiger partial charge is 0.239 e. The van der Waals surface area contributed by atoms with E-state index in [4.69, 9.17) is 4.74 Å². The molecular formula is C13H20N2O3. The molecule has 1 unspecified atom stereocenters. The number of aromatic nitrogens is 1. The largest absolute Gasteiger partial charge is 0.388 e. The minimum Gasteiger partial charge on any atom is -0.388 e. The molecule has 5 nitrogen and oxygen atoms in total. The summed E-state index contributed by atoms with van der Waals surface area (Å²) in [6.07, 6.45) is 6.30. The van der Waals surface area contributed by atoms with Crippen molar-refractivity contribution in [1.29, 1.82) is 0 Å². The molecule has 0 saturated carbocycles. The second-order valence-corrected chi connectivity index (χ2v) is 4.66. The van der Waals surface area contributed by atoms with E-state index < -0.39 is 0 Å². The molecule has 2 N–H and O–H groups in total. The predicted molar refractivity (Wildman–Crippen MR) is 67.2 cm³/mol. The molecule has 0 fully saturated rings. The highest BCUT2D eigenvalue weighted by Crippen LogP contribution is 2.29. The second kappa shape index (κ2) is 6.02. The molecule has 2 rings (SSSR count). The number of fused-ring (bicyclic) bond motifs is 1. The average Bonchev–Trinajstić information content (AvgIpc) is 2.73. The summed E-state index contributed by atoms with van der Waals surface area (Å²) in [6.45, 7) is 1.34. The number of ether oxygens (including phenoxy) is 1. The quantitative estimate of drug-likeness (QED) is 0.755. The SMILES string of the molecule is COCCNC(=O)Cn1cc2c(c1)C(O)CCC2. The zero-order valence-corrected chi connectivity index (χ0v) is 10.7. The number of nitrogens with zero attached hydrogens (tertiary/aromatic N) is 1. The molecule has 1 heterocycles. The number of aliphatic hydroxyl groups excluding tert-OH is 1. The summed E-state index contributed by atoms with van der Waals surface area (Å²) < 4.78 is 6.72. The number of aliphatic hydroxyl groups is 1. The van der Waals surface area contributed by atoms with Gasteiger partial charge in [-0.25, -0.2) is 0 Å². The maximum atomic E-state index is 11.6. The maximum absolute atomic E-state index is 11.6. The van der Waals surface area contributed by atoms with Crippen LogP contribution in [0.1, 0.15) is 30.1 Å². The van der Waals surface area contributed by atoms with Gasteiger partial charge in [-0.2, -0.15) is 0 Å². The number of carbonyl (C=O) groups excluding carboxylic acids is 1. The van der Waals surface area contributed by atoms with Gasteiger partial charge in [-0.1, -0.05) is 0 Å². The van der Waals surface area contributed by atoms with Gasteiger partial charge in [0, 0.05) is 31.6 Å². The Morgan fingerprint density at radius 2 is 2.44 bits per heavy atom. The molecular weight excluding hydrogens is 232 g/mol. The Balaban J connectivity index is 1.92. The number of aryl methyl sites for hydroxylation is 1. The van der Waals surface area contributed by atoms with Gasteiger partial charge in [-0.05, 0) is 24.8 Å². The van der Waals surface area contributed by atoms with Crippen molar-refractivity contribution in [2.24, 2.45) is 0 Å². The molecule has 1 atom stereocenters. The third-order valence-electron chi connectivity index (χ3n) is 3.23. The minimum absolute atomic E-state index is 0.0334. The molecule has 1 aliphatic rings. The first-order chi connectivity index (χ1) is 8.70. The van der Waals surface area contributed by atoms with Crippen molar-refractivity contribution in [3.63, 3.8) is 0 Å². The molecule has 0 spiro atoms. The zero-order valence-electron chi connectivity index (χ0n) is 10.7. The van der Waals surface area contributed by atoms with Crippen molar-refractivity contribution in [1.82, 2.24) is 9.88 Å². The lowest BCUT2D eigenvalue weighted by atomic mass is 9.93. The van der Waals surface area contributed by atoms with Crippen molar-refractivity contribution in [2.75, 3.05) is 20.3 Å². The Kier molecular flexibility index (Phi) is 4.38. The van der Waals surface area contributed by atoms with Crippen molar-refractivity contribution < 1.29 is 14.6 Å². The summed E-state index contributed by atoms with van der Waals surface area (Å²) in [5.74, 6) is -0.0334. The second-order valence-electron chi connectivity index (χ2n) is 4.66. The maximum Gasteiger partial charge on any atom is 0.239 e. The summed E-state index contributed by atoms with van der Waals surface area (Å²) in [6, 6.07) is 0. The van der Waals surface area contributed by atoms with Crippen LogP contribution in [0.2, 0.25) is 0 Å². The number of methoxy groups -OCH3 is 1. The van der Waals surface area contributed by atoms with Gasteiger partial charge in [-0.15, -0.1) is 0 Å². The van der Waals surface area contributed by atoms with Gasteiger partial charge in [0.2, 0.25) is 5.91 Å². The third-order valence-corrected chi connectivity index (χ3v) is 3.23. The topological polar surface area (TPSA) is 63.5 Å². The molecule has 0 bridgehead atoms. The first kappa shape index (κ1) is 13.1. The van der Waals surface area contributed by atoms with Crippen molar-refractivity contribution in [3.8, 4) is 0 Å². The Hall–Kier alpha value is -1.33. The average molecular weight is 252 g/mol. The fraction of sp³-hybridized carbons (Fsp3) is 0.615. The summed E-state index contributed by atoms with van der Waals surface area (Å²) >= 11 is 0. The van der Waals surface area contributed by atoms with Crippen LogP contribution >= 0.6 is 0 Å². The zero-order chi connectivity index (χ0) is 13.0. The van der Waals surface area contributed by atoms with E-state index in [0.29, 0.717) is 19.7 Å². The van der Waals surface area contributed by atoms with Gasteiger partial charge in [0.05, 0.1) is 12.7 Å². The number of amides is 1. The third kappa shape index (κ3) is 3.11. The number of nitrogens with one attached hydrogen (secondary N) is 1. The van der Waals surface area contributed by atoms with Crippen molar-refractivity contribution in [2.45, 2.75) is 31.9 Å². The molecule has 100 valence electrons. The summed E-state index contributed by atoms with van der Waals surface area (Å²) in [4.78, 5) is 11.6. The van der Waals surface area contributed by atoms with Gasteiger partial charge in [0.15, 0.2) is 0 Å². The number of hydrogen-bond acceptors (Lipinski definition) is 3. The standard InChI is InChI=1S/C13H20N2O3/c1-18-6-5-14-13(17)9-15-7-10-3-2-4-12(16)11(10)8-15/h7-8,12,16H,2-6,9H2,1H3,(H,14,17). The van der Waals surface area contributed by atoms with Crippen LogP contribution < -0.4 is 5.32 Å². The van der Waals surface area contributed by atoms with Crippen molar-refractivity contribution >= 4 is 5.91 Å². The van der Waals surface area contributed by atoms with E-state index in [0.717, 1.165) is 24.8 Å². The van der Waals surface area contributed by atoms with Crippen LogP contribution in [0.25, 0.3) is 0 Å². The van der Waals surface area contributed by atoms with E-state index in [1.54, 1.807) is 7.11 Å². The van der Waals surface area contributed by atoms with Gasteiger partial charge in [0.1, 0.15) is 6.54 Å². The highest BCUT2D eigenvalue weighted by molar-refractivity contribution is 5.75. The molecule has 0 aliphatic heterocycles. The predicted octanol–water partition coefficient (Wildman–Crippen LogP) is 0.620. The highest BCUT2D eigenvalue weighted by atomic mass is 16.5. The Bertz CT molecular complexity index is 414. The van der Waals surface area contributed by atoms with Crippen LogP contribution in [0, 0.1) is 0 Å². The van der Waals surface area contributed by atoms with E-state index in [1.165, 1.54) is 5.56 Å². The fourth-order valence-corrected chi connectivity index (χ4v) is 2.33. The summed E-state index contributed by atoms with van der Waals surface area (Å²) in [5, 5.41) is 12.6. The molecule has 1 aliphatic carbocycles. The Morgan fingerprint density at radius 3 is 3.17 bits per heavy atom. The molecule has 1 aromatic heterocycles. The van der Waals surface area contributed by atoms with Gasteiger partial charge in [-0.3, -0.25) is 4.79 Å². The molecule has 1 amide bonds. The van der Waals surface area contributed by atoms with Crippen molar-refractivity contribution in [3.05, 3.63) is 23.5 Å². The monoisotopic (exact) mass is 252 g/mol. The first-order valence-corrected chi connectivity index (χ1v) is 6.33. The lowest BCUT2D eigenvalue weighted by molar-refractivity contribution is -0.121. The highest BCUT2D eigenvalue weighted by Gasteiger charge is 2.20. The van der Waals surface area contributed by atoms with Crippen LogP contribution in [0.4, 0.5) is 0 Å². The van der Waals surface area contributed by atoms with Crippen LogP contribution in [-0.2, 0) is 22.5 Å². The number of hydrogen-bond donors (Lipinski definition) is 2. The molecule has 0 saturated heterocycles. The molecule has 18 heavy (non-hydrogen) atoms. The number of rotatable bonds is 5. The van der Waals surface area contributed by atoms with Crippen LogP contribution in [0.3, 0.4) is 0 Å². The van der Waals surface area contributed by atoms with E-state index in [2.05, 4.69) is 5.32 Å². The molecule has 0 radical (unpaired) electrons. The Labute approximate surface area is 107 Å².